The molecule has 0 bridgehead atoms. The SMILES string of the molecule is CCOc1cc(C2C3=C(CCCC3=O)N(C)C3=C2C(=O)CCC3)ccc1OCc1ccc(C(=O)O)cc1. The number of aromatic carboxylic acids is 1. The zero-order valence-corrected chi connectivity index (χ0v) is 21.2. The lowest BCUT2D eigenvalue weighted by molar-refractivity contribution is -0.117. The zero-order chi connectivity index (χ0) is 26.1. The molecule has 0 atom stereocenters. The van der Waals surface area contributed by atoms with Gasteiger partial charge >= 0.3 is 5.97 Å². The molecule has 5 rings (SSSR count). The molecular formula is C30H31NO6. The first-order chi connectivity index (χ1) is 17.9. The van der Waals surface area contributed by atoms with Gasteiger partial charge in [-0.1, -0.05) is 18.2 Å². The Bertz CT molecular complexity index is 1280. The number of benzene rings is 2. The van der Waals surface area contributed by atoms with Crippen molar-refractivity contribution in [1.82, 2.24) is 4.90 Å². The molecule has 37 heavy (non-hydrogen) atoms. The highest BCUT2D eigenvalue weighted by atomic mass is 16.5. The number of carbonyl (C=O) groups is 3. The van der Waals surface area contributed by atoms with Gasteiger partial charge < -0.3 is 19.5 Å². The van der Waals surface area contributed by atoms with Gasteiger partial charge in [0.25, 0.3) is 0 Å². The summed E-state index contributed by atoms with van der Waals surface area (Å²) in [6.45, 7) is 2.57. The molecule has 0 radical (unpaired) electrons. The number of hydrogen-bond donors (Lipinski definition) is 1. The molecule has 0 unspecified atom stereocenters. The predicted molar refractivity (Wildman–Crippen MR) is 138 cm³/mol. The van der Waals surface area contributed by atoms with E-state index in [2.05, 4.69) is 4.90 Å². The lowest BCUT2D eigenvalue weighted by atomic mass is 9.71. The first kappa shape index (κ1) is 24.8. The van der Waals surface area contributed by atoms with Gasteiger partial charge in [-0.3, -0.25) is 9.59 Å². The second kappa shape index (κ2) is 10.2. The minimum atomic E-state index is -0.972. The van der Waals surface area contributed by atoms with Crippen molar-refractivity contribution < 1.29 is 29.0 Å². The minimum absolute atomic E-state index is 0.117. The quantitative estimate of drug-likeness (QED) is 0.543. The smallest absolute Gasteiger partial charge is 0.335 e. The Balaban J connectivity index is 1.50. The van der Waals surface area contributed by atoms with E-state index < -0.39 is 11.9 Å². The highest BCUT2D eigenvalue weighted by Gasteiger charge is 2.42. The van der Waals surface area contributed by atoms with E-state index >= 15 is 0 Å². The Morgan fingerprint density at radius 1 is 0.892 bits per heavy atom. The largest absolute Gasteiger partial charge is 0.490 e. The molecule has 1 N–H and O–H groups in total. The molecule has 0 saturated carbocycles. The Morgan fingerprint density at radius 3 is 2.08 bits per heavy atom. The van der Waals surface area contributed by atoms with Gasteiger partial charge in [0.15, 0.2) is 23.1 Å². The van der Waals surface area contributed by atoms with Gasteiger partial charge in [-0.2, -0.15) is 0 Å². The van der Waals surface area contributed by atoms with Crippen molar-refractivity contribution in [2.45, 2.75) is 58.0 Å². The number of nitrogens with zero attached hydrogens (tertiary/aromatic N) is 1. The van der Waals surface area contributed by atoms with Crippen LogP contribution in [0, 0.1) is 0 Å². The van der Waals surface area contributed by atoms with E-state index in [9.17, 15) is 14.4 Å². The van der Waals surface area contributed by atoms with Crippen LogP contribution in [0.4, 0.5) is 0 Å². The van der Waals surface area contributed by atoms with Gasteiger partial charge in [-0.25, -0.2) is 4.79 Å². The van der Waals surface area contributed by atoms with Gasteiger partial charge in [-0.15, -0.1) is 0 Å². The molecule has 192 valence electrons. The number of ketones is 2. The first-order valence-electron chi connectivity index (χ1n) is 12.9. The molecule has 2 aliphatic carbocycles. The van der Waals surface area contributed by atoms with Crippen LogP contribution in [0.15, 0.2) is 65.0 Å². The molecule has 2 aromatic carbocycles. The molecule has 3 aliphatic rings. The molecule has 7 nitrogen and oxygen atoms in total. The van der Waals surface area contributed by atoms with E-state index in [1.165, 1.54) is 0 Å². The van der Waals surface area contributed by atoms with Crippen molar-refractivity contribution in [3.8, 4) is 11.5 Å². The number of hydrogen-bond acceptors (Lipinski definition) is 6. The van der Waals surface area contributed by atoms with E-state index in [4.69, 9.17) is 14.6 Å². The summed E-state index contributed by atoms with van der Waals surface area (Å²) >= 11 is 0. The highest BCUT2D eigenvalue weighted by molar-refractivity contribution is 6.06. The molecule has 1 heterocycles. The Kier molecular flexibility index (Phi) is 6.87. The number of allylic oxidation sites excluding steroid dienone is 4. The molecule has 0 spiro atoms. The predicted octanol–water partition coefficient (Wildman–Crippen LogP) is 5.41. The zero-order valence-electron chi connectivity index (χ0n) is 21.2. The average molecular weight is 502 g/mol. The first-order valence-corrected chi connectivity index (χ1v) is 12.9. The van der Waals surface area contributed by atoms with Crippen LogP contribution in [-0.2, 0) is 16.2 Å². The van der Waals surface area contributed by atoms with Gasteiger partial charge in [0, 0.05) is 48.3 Å². The number of rotatable bonds is 7. The minimum Gasteiger partial charge on any atom is -0.490 e. The molecule has 0 aromatic heterocycles. The van der Waals surface area contributed by atoms with Crippen LogP contribution in [0.1, 0.15) is 72.9 Å². The standard InChI is InChI=1S/C30H31NO6/c1-3-36-26-16-20(14-15-25(26)37-17-18-10-12-19(13-11-18)30(34)35)27-28-21(6-4-8-23(28)32)31(2)22-7-5-9-24(33)29(22)27/h10-16,27H,3-9,17H2,1-2H3,(H,34,35). The van der Waals surface area contributed by atoms with Crippen LogP contribution in [0.3, 0.4) is 0 Å². The topological polar surface area (TPSA) is 93.1 Å². The van der Waals surface area contributed by atoms with Crippen LogP contribution < -0.4 is 9.47 Å². The summed E-state index contributed by atoms with van der Waals surface area (Å²) in [6.07, 6.45) is 4.32. The normalized spacial score (nSPS) is 18.1. The van der Waals surface area contributed by atoms with Crippen LogP contribution in [0.5, 0.6) is 11.5 Å². The van der Waals surface area contributed by atoms with E-state index in [-0.39, 0.29) is 23.7 Å². The van der Waals surface area contributed by atoms with Crippen LogP contribution in [-0.4, -0.2) is 41.2 Å². The number of carboxylic acids is 1. The summed E-state index contributed by atoms with van der Waals surface area (Å²) in [5.74, 6) is -0.0259. The third-order valence-electron chi connectivity index (χ3n) is 7.44. The molecule has 1 aliphatic heterocycles. The number of Topliss-reactive ketones (excluding diaryl/α,β-unsaturated/α-hetero) is 2. The van der Waals surface area contributed by atoms with Gasteiger partial charge in [0.05, 0.1) is 12.2 Å². The van der Waals surface area contributed by atoms with E-state index in [0.29, 0.717) is 30.9 Å². The van der Waals surface area contributed by atoms with Crippen LogP contribution >= 0.6 is 0 Å². The van der Waals surface area contributed by atoms with Crippen molar-refractivity contribution in [1.29, 1.82) is 0 Å². The van der Waals surface area contributed by atoms with E-state index in [1.807, 2.05) is 32.2 Å². The third-order valence-corrected chi connectivity index (χ3v) is 7.44. The maximum atomic E-state index is 13.2. The molecule has 0 amide bonds. The Morgan fingerprint density at radius 2 is 1.51 bits per heavy atom. The highest BCUT2D eigenvalue weighted by Crippen LogP contribution is 2.49. The summed E-state index contributed by atoms with van der Waals surface area (Å²) in [4.78, 5) is 39.7. The molecule has 0 saturated heterocycles. The van der Waals surface area contributed by atoms with Gasteiger partial charge in [0.1, 0.15) is 6.61 Å². The van der Waals surface area contributed by atoms with E-state index in [0.717, 1.165) is 59.4 Å². The van der Waals surface area contributed by atoms with Crippen molar-refractivity contribution >= 4 is 17.5 Å². The molecule has 2 aromatic rings. The van der Waals surface area contributed by atoms with Crippen molar-refractivity contribution in [3.05, 3.63) is 81.7 Å². The second-order valence-corrected chi connectivity index (χ2v) is 9.70. The Labute approximate surface area is 216 Å². The van der Waals surface area contributed by atoms with Crippen molar-refractivity contribution in [2.75, 3.05) is 13.7 Å². The second-order valence-electron chi connectivity index (χ2n) is 9.70. The van der Waals surface area contributed by atoms with Crippen molar-refractivity contribution in [3.63, 3.8) is 0 Å². The lowest BCUT2D eigenvalue weighted by Gasteiger charge is -2.42. The monoisotopic (exact) mass is 501 g/mol. The average Bonchev–Trinajstić information content (AvgIpc) is 2.89. The van der Waals surface area contributed by atoms with E-state index in [1.54, 1.807) is 24.3 Å². The number of ether oxygens (including phenoxy) is 2. The van der Waals surface area contributed by atoms with Gasteiger partial charge in [-0.05, 0) is 68.0 Å². The maximum absolute atomic E-state index is 13.2. The third kappa shape index (κ3) is 4.66. The fraction of sp³-hybridized carbons (Fsp3) is 0.367. The van der Waals surface area contributed by atoms with Gasteiger partial charge in [0.2, 0.25) is 0 Å². The van der Waals surface area contributed by atoms with Crippen LogP contribution in [0.2, 0.25) is 0 Å². The molecule has 7 heteroatoms. The summed E-state index contributed by atoms with van der Waals surface area (Å²) in [5.41, 5.74) is 5.49. The summed E-state index contributed by atoms with van der Waals surface area (Å²) in [7, 11) is 1.99. The number of carboxylic acid groups (broad SMARTS) is 1. The fourth-order valence-electron chi connectivity index (χ4n) is 5.68. The van der Waals surface area contributed by atoms with Crippen molar-refractivity contribution in [2.24, 2.45) is 0 Å². The summed E-state index contributed by atoms with van der Waals surface area (Å²) < 4.78 is 12.0. The Hall–Kier alpha value is -3.87. The number of carbonyl (C=O) groups excluding carboxylic acids is 2. The molecule has 0 fully saturated rings. The lowest BCUT2D eigenvalue weighted by Crippen LogP contribution is -2.37. The van der Waals surface area contributed by atoms with Crippen LogP contribution in [0.25, 0.3) is 0 Å². The maximum Gasteiger partial charge on any atom is 0.335 e. The summed E-state index contributed by atoms with van der Waals surface area (Å²) in [5, 5.41) is 9.11. The summed E-state index contributed by atoms with van der Waals surface area (Å²) in [6, 6.07) is 12.2. The fourth-order valence-corrected chi connectivity index (χ4v) is 5.68. The molecular weight excluding hydrogens is 470 g/mol.